The van der Waals surface area contributed by atoms with E-state index in [1.807, 2.05) is 0 Å². The predicted octanol–water partition coefficient (Wildman–Crippen LogP) is 2.78. The van der Waals surface area contributed by atoms with Crippen LogP contribution in [-0.2, 0) is 9.59 Å². The van der Waals surface area contributed by atoms with Crippen molar-refractivity contribution in [1.82, 2.24) is 25.1 Å². The second kappa shape index (κ2) is 10.0. The first kappa shape index (κ1) is 22.8. The number of likely N-dealkylation sites (tertiary alicyclic amines) is 1. The Hall–Kier alpha value is -4.41. The summed E-state index contributed by atoms with van der Waals surface area (Å²) in [5, 5.41) is 12.1. The minimum Gasteiger partial charge on any atom is -0.336 e. The Morgan fingerprint density at radius 1 is 1.15 bits per heavy atom. The highest BCUT2D eigenvalue weighted by Crippen LogP contribution is 2.21. The van der Waals surface area contributed by atoms with Gasteiger partial charge in [0.25, 0.3) is 11.8 Å². The number of aromatic nitrogens is 4. The zero-order chi connectivity index (χ0) is 24.1. The predicted molar refractivity (Wildman–Crippen MR) is 122 cm³/mol. The van der Waals surface area contributed by atoms with E-state index in [-0.39, 0.29) is 24.0 Å². The number of amides is 3. The van der Waals surface area contributed by atoms with Crippen LogP contribution in [0.3, 0.4) is 0 Å². The highest BCUT2D eigenvalue weighted by Gasteiger charge is 2.29. The summed E-state index contributed by atoms with van der Waals surface area (Å²) in [6, 6.07) is 9.96. The molecule has 3 aromatic heterocycles. The van der Waals surface area contributed by atoms with Gasteiger partial charge < -0.3 is 15.5 Å². The van der Waals surface area contributed by atoms with E-state index < -0.39 is 23.6 Å². The van der Waals surface area contributed by atoms with E-state index in [9.17, 15) is 18.8 Å². The van der Waals surface area contributed by atoms with Crippen LogP contribution in [0.5, 0.6) is 0 Å². The first-order valence-electron chi connectivity index (χ1n) is 10.6. The third-order valence-corrected chi connectivity index (χ3v) is 5.34. The number of anilines is 2. The van der Waals surface area contributed by atoms with E-state index in [1.54, 1.807) is 42.6 Å². The van der Waals surface area contributed by atoms with Gasteiger partial charge in [0.05, 0.1) is 29.2 Å². The number of halogens is 1. The summed E-state index contributed by atoms with van der Waals surface area (Å²) in [7, 11) is 0. The van der Waals surface area contributed by atoms with Gasteiger partial charge in [-0.2, -0.15) is 5.10 Å². The molecule has 10 nitrogen and oxygen atoms in total. The molecule has 0 bridgehead atoms. The van der Waals surface area contributed by atoms with Crippen molar-refractivity contribution in [2.45, 2.75) is 12.8 Å². The zero-order valence-electron chi connectivity index (χ0n) is 18.1. The summed E-state index contributed by atoms with van der Waals surface area (Å²) in [5.41, 5.74) is 1.90. The molecular weight excluding hydrogens is 441 g/mol. The van der Waals surface area contributed by atoms with Gasteiger partial charge in [-0.1, -0.05) is 12.6 Å². The molecule has 11 heteroatoms. The van der Waals surface area contributed by atoms with E-state index >= 15 is 0 Å². The molecule has 1 fully saturated rings. The Kier molecular flexibility index (Phi) is 6.72. The van der Waals surface area contributed by atoms with Gasteiger partial charge in [-0.3, -0.25) is 19.5 Å². The number of nitrogens with one attached hydrogen (secondary N) is 3. The van der Waals surface area contributed by atoms with Gasteiger partial charge in [0.1, 0.15) is 11.5 Å². The number of pyridine rings is 2. The van der Waals surface area contributed by atoms with Crippen molar-refractivity contribution in [2.24, 2.45) is 5.92 Å². The largest absolute Gasteiger partial charge is 0.336 e. The van der Waals surface area contributed by atoms with Crippen molar-refractivity contribution in [1.29, 1.82) is 0 Å². The molecule has 1 aliphatic rings. The fraction of sp³-hybridized carbons (Fsp3) is 0.217. The van der Waals surface area contributed by atoms with Crippen molar-refractivity contribution in [3.63, 3.8) is 0 Å². The Morgan fingerprint density at radius 2 is 2.00 bits per heavy atom. The number of aromatic amines is 1. The van der Waals surface area contributed by atoms with Crippen molar-refractivity contribution >= 4 is 29.2 Å². The van der Waals surface area contributed by atoms with Gasteiger partial charge >= 0.3 is 0 Å². The molecule has 1 aliphatic heterocycles. The number of carbonyl (C=O) groups is 3. The fourth-order valence-corrected chi connectivity index (χ4v) is 3.62. The smallest absolute Gasteiger partial charge is 0.281 e. The molecule has 4 heterocycles. The summed E-state index contributed by atoms with van der Waals surface area (Å²) < 4.78 is 13.1. The van der Waals surface area contributed by atoms with Crippen LogP contribution in [0, 0.1) is 5.92 Å². The summed E-state index contributed by atoms with van der Waals surface area (Å²) in [5.74, 6) is -2.74. The summed E-state index contributed by atoms with van der Waals surface area (Å²) >= 11 is 0. The van der Waals surface area contributed by atoms with E-state index in [2.05, 4.69) is 37.4 Å². The molecule has 0 aliphatic carbocycles. The fourth-order valence-electron chi connectivity index (χ4n) is 3.62. The topological polar surface area (TPSA) is 133 Å². The molecule has 3 aromatic rings. The van der Waals surface area contributed by atoms with Gasteiger partial charge in [0, 0.05) is 19.3 Å². The standard InChI is InChI=1S/C23H22FN7O3/c1-14(24)23(34)31-11-3-4-15(13-31)21(32)27-16-7-8-20(25-12-16)29-22(33)19-6-2-5-17(28-19)18-9-10-26-30-18/h2,5-10,12,15H,1,3-4,11,13H2,(H,26,30)(H,27,32)(H,25,29,33)/t15-/m0/s1. The van der Waals surface area contributed by atoms with Gasteiger partial charge in [-0.05, 0) is 43.2 Å². The number of hydrogen-bond donors (Lipinski definition) is 3. The summed E-state index contributed by atoms with van der Waals surface area (Å²) in [4.78, 5) is 46.7. The molecule has 0 unspecified atom stereocenters. The monoisotopic (exact) mass is 463 g/mol. The third-order valence-electron chi connectivity index (χ3n) is 5.34. The first-order chi connectivity index (χ1) is 16.4. The van der Waals surface area contributed by atoms with Crippen molar-refractivity contribution in [3.05, 3.63) is 66.9 Å². The lowest BCUT2D eigenvalue weighted by molar-refractivity contribution is -0.132. The van der Waals surface area contributed by atoms with Crippen molar-refractivity contribution in [2.75, 3.05) is 23.7 Å². The second-order valence-electron chi connectivity index (χ2n) is 7.75. The molecule has 174 valence electrons. The highest BCUT2D eigenvalue weighted by atomic mass is 19.1. The minimum absolute atomic E-state index is 0.125. The minimum atomic E-state index is -1.04. The van der Waals surface area contributed by atoms with Crippen LogP contribution in [0.2, 0.25) is 0 Å². The SMILES string of the molecule is C=C(F)C(=O)N1CCC[C@H](C(=O)Nc2ccc(NC(=O)c3cccc(-c4ccn[nH]4)n3)nc2)C1. The van der Waals surface area contributed by atoms with E-state index in [4.69, 9.17) is 0 Å². The van der Waals surface area contributed by atoms with Crippen LogP contribution in [-0.4, -0.2) is 55.9 Å². The Bertz CT molecular complexity index is 1210. The maximum atomic E-state index is 13.1. The number of H-pyrrole nitrogens is 1. The third kappa shape index (κ3) is 5.31. The lowest BCUT2D eigenvalue weighted by Gasteiger charge is -2.31. The number of rotatable bonds is 6. The van der Waals surface area contributed by atoms with Crippen molar-refractivity contribution in [3.8, 4) is 11.4 Å². The molecule has 0 radical (unpaired) electrons. The van der Waals surface area contributed by atoms with Gasteiger partial charge in [-0.15, -0.1) is 0 Å². The lowest BCUT2D eigenvalue weighted by Crippen LogP contribution is -2.43. The van der Waals surface area contributed by atoms with Gasteiger partial charge in [0.2, 0.25) is 5.91 Å². The van der Waals surface area contributed by atoms with Crippen LogP contribution in [0.4, 0.5) is 15.9 Å². The average Bonchev–Trinajstić information content (AvgIpc) is 3.40. The lowest BCUT2D eigenvalue weighted by atomic mass is 9.97. The summed E-state index contributed by atoms with van der Waals surface area (Å²) in [6.45, 7) is 3.54. The van der Waals surface area contributed by atoms with Crippen molar-refractivity contribution < 1.29 is 18.8 Å². The Labute approximate surface area is 194 Å². The highest BCUT2D eigenvalue weighted by molar-refractivity contribution is 6.02. The molecule has 3 amide bonds. The quantitative estimate of drug-likeness (QED) is 0.482. The maximum absolute atomic E-state index is 13.1. The molecule has 0 saturated carbocycles. The molecule has 0 spiro atoms. The Morgan fingerprint density at radius 3 is 2.71 bits per heavy atom. The summed E-state index contributed by atoms with van der Waals surface area (Å²) in [6.07, 6.45) is 4.19. The first-order valence-corrected chi connectivity index (χ1v) is 10.6. The molecule has 34 heavy (non-hydrogen) atoms. The van der Waals surface area contributed by atoms with E-state index in [0.717, 1.165) is 0 Å². The second-order valence-corrected chi connectivity index (χ2v) is 7.75. The molecule has 3 N–H and O–H groups in total. The van der Waals surface area contributed by atoms with Crippen LogP contribution in [0.15, 0.2) is 61.2 Å². The molecule has 0 aromatic carbocycles. The number of nitrogens with zero attached hydrogens (tertiary/aromatic N) is 4. The van der Waals surface area contributed by atoms with Gasteiger partial charge in [0.15, 0.2) is 5.83 Å². The number of carbonyl (C=O) groups excluding carboxylic acids is 3. The molecule has 1 atom stereocenters. The average molecular weight is 463 g/mol. The maximum Gasteiger partial charge on any atom is 0.281 e. The van der Waals surface area contributed by atoms with Gasteiger partial charge in [-0.25, -0.2) is 14.4 Å². The van der Waals surface area contributed by atoms with Crippen LogP contribution in [0.25, 0.3) is 11.4 Å². The number of piperidine rings is 1. The van der Waals surface area contributed by atoms with Crippen LogP contribution in [0.1, 0.15) is 23.3 Å². The number of hydrogen-bond acceptors (Lipinski definition) is 6. The zero-order valence-corrected chi connectivity index (χ0v) is 18.1. The van der Waals surface area contributed by atoms with Crippen LogP contribution < -0.4 is 10.6 Å². The Balaban J connectivity index is 1.35. The normalized spacial score (nSPS) is 15.4. The molecular formula is C23H22FN7O3. The van der Waals surface area contributed by atoms with E-state index in [1.165, 1.54) is 11.1 Å². The van der Waals surface area contributed by atoms with Crippen LogP contribution >= 0.6 is 0 Å². The molecule has 4 rings (SSSR count). The molecule has 1 saturated heterocycles. The van der Waals surface area contributed by atoms with E-state index in [0.29, 0.717) is 36.5 Å².